The molecule has 0 amide bonds. The molecule has 0 bridgehead atoms. The Balaban J connectivity index is 2.41. The lowest BCUT2D eigenvalue weighted by molar-refractivity contribution is -0.386. The maximum absolute atomic E-state index is 11.0. The van der Waals surface area contributed by atoms with E-state index in [2.05, 4.69) is 4.98 Å². The van der Waals surface area contributed by atoms with E-state index >= 15 is 0 Å². The Labute approximate surface area is 109 Å². The number of benzene rings is 1. The van der Waals surface area contributed by atoms with Crippen molar-refractivity contribution in [3.8, 4) is 17.7 Å². The van der Waals surface area contributed by atoms with Crippen molar-refractivity contribution < 1.29 is 9.66 Å². The zero-order valence-electron chi connectivity index (χ0n) is 10.0. The fourth-order valence-electron chi connectivity index (χ4n) is 1.60. The quantitative estimate of drug-likeness (QED) is 0.621. The van der Waals surface area contributed by atoms with Gasteiger partial charge in [-0.05, 0) is 19.1 Å². The molecule has 2 rings (SSSR count). The van der Waals surface area contributed by atoms with Crippen LogP contribution < -0.4 is 4.74 Å². The van der Waals surface area contributed by atoms with Crippen LogP contribution in [0.4, 0.5) is 5.69 Å². The zero-order valence-corrected chi connectivity index (χ0v) is 10.0. The zero-order chi connectivity index (χ0) is 13.8. The number of pyridine rings is 1. The van der Waals surface area contributed by atoms with Crippen molar-refractivity contribution in [2.24, 2.45) is 0 Å². The Morgan fingerprint density at radius 3 is 2.89 bits per heavy atom. The SMILES string of the molecule is Cc1cccc(Oc2cc(C#N)ccn2)c1[N+](=O)[O-]. The molecule has 0 saturated carbocycles. The second-order valence-electron chi connectivity index (χ2n) is 3.78. The third-order valence-electron chi connectivity index (χ3n) is 2.46. The normalized spacial score (nSPS) is 9.68. The average Bonchev–Trinajstić information content (AvgIpc) is 2.38. The van der Waals surface area contributed by atoms with E-state index in [0.717, 1.165) is 0 Å². The number of nitro benzene ring substituents is 1. The summed E-state index contributed by atoms with van der Waals surface area (Å²) in [6.45, 7) is 1.63. The van der Waals surface area contributed by atoms with E-state index in [-0.39, 0.29) is 17.3 Å². The van der Waals surface area contributed by atoms with Crippen LogP contribution in [-0.4, -0.2) is 9.91 Å². The Morgan fingerprint density at radius 2 is 2.21 bits per heavy atom. The molecule has 0 aliphatic heterocycles. The molecule has 0 aliphatic carbocycles. The number of para-hydroxylation sites is 1. The summed E-state index contributed by atoms with van der Waals surface area (Å²) in [7, 11) is 0. The van der Waals surface area contributed by atoms with Gasteiger partial charge in [-0.3, -0.25) is 10.1 Å². The van der Waals surface area contributed by atoms with Crippen molar-refractivity contribution >= 4 is 5.69 Å². The van der Waals surface area contributed by atoms with Gasteiger partial charge < -0.3 is 4.74 Å². The second kappa shape index (κ2) is 5.14. The summed E-state index contributed by atoms with van der Waals surface area (Å²) in [5, 5.41) is 19.8. The monoisotopic (exact) mass is 255 g/mol. The molecular weight excluding hydrogens is 246 g/mol. The standard InChI is InChI=1S/C13H9N3O3/c1-9-3-2-4-11(13(9)16(17)18)19-12-7-10(8-14)5-6-15-12/h2-7H,1H3. The number of aromatic nitrogens is 1. The third kappa shape index (κ3) is 2.66. The van der Waals surface area contributed by atoms with Gasteiger partial charge in [0.15, 0.2) is 0 Å². The van der Waals surface area contributed by atoms with Crippen molar-refractivity contribution in [2.75, 3.05) is 0 Å². The molecule has 94 valence electrons. The fourth-order valence-corrected chi connectivity index (χ4v) is 1.60. The van der Waals surface area contributed by atoms with E-state index in [9.17, 15) is 10.1 Å². The third-order valence-corrected chi connectivity index (χ3v) is 2.46. The minimum atomic E-state index is -0.501. The van der Waals surface area contributed by atoms with Crippen molar-refractivity contribution in [3.63, 3.8) is 0 Å². The van der Waals surface area contributed by atoms with E-state index in [1.807, 2.05) is 6.07 Å². The molecule has 0 N–H and O–H groups in total. The van der Waals surface area contributed by atoms with Crippen molar-refractivity contribution in [1.82, 2.24) is 4.98 Å². The summed E-state index contributed by atoms with van der Waals surface area (Å²) in [5.74, 6) is 0.250. The molecule has 0 aliphatic rings. The number of ether oxygens (including phenoxy) is 1. The predicted octanol–water partition coefficient (Wildman–Crippen LogP) is 2.96. The summed E-state index contributed by atoms with van der Waals surface area (Å²) in [6, 6.07) is 9.68. The number of aryl methyl sites for hydroxylation is 1. The van der Waals surface area contributed by atoms with Gasteiger partial charge in [0.25, 0.3) is 0 Å². The summed E-state index contributed by atoms with van der Waals surface area (Å²) in [4.78, 5) is 14.4. The highest BCUT2D eigenvalue weighted by Gasteiger charge is 2.19. The van der Waals surface area contributed by atoms with Gasteiger partial charge in [-0.1, -0.05) is 12.1 Å². The first kappa shape index (κ1) is 12.5. The minimum absolute atomic E-state index is 0.104. The van der Waals surface area contributed by atoms with Gasteiger partial charge in [0.05, 0.1) is 16.6 Å². The van der Waals surface area contributed by atoms with E-state index in [0.29, 0.717) is 11.1 Å². The number of nitrogens with zero attached hydrogens (tertiary/aromatic N) is 3. The minimum Gasteiger partial charge on any atom is -0.432 e. The van der Waals surface area contributed by atoms with Crippen LogP contribution in [0, 0.1) is 28.4 Å². The molecule has 2 aromatic rings. The van der Waals surface area contributed by atoms with Crippen LogP contribution in [0.1, 0.15) is 11.1 Å². The van der Waals surface area contributed by atoms with Gasteiger partial charge in [-0.25, -0.2) is 4.98 Å². The second-order valence-corrected chi connectivity index (χ2v) is 3.78. The van der Waals surface area contributed by atoms with Crippen LogP contribution in [0.3, 0.4) is 0 Å². The lowest BCUT2D eigenvalue weighted by Crippen LogP contribution is -1.97. The van der Waals surface area contributed by atoms with Gasteiger partial charge in [0, 0.05) is 17.8 Å². The van der Waals surface area contributed by atoms with E-state index in [1.165, 1.54) is 24.4 Å². The maximum atomic E-state index is 11.0. The van der Waals surface area contributed by atoms with Crippen LogP contribution in [0.2, 0.25) is 0 Å². The highest BCUT2D eigenvalue weighted by molar-refractivity contribution is 5.53. The molecule has 1 aromatic carbocycles. The molecule has 0 radical (unpaired) electrons. The molecule has 6 nitrogen and oxygen atoms in total. The Bertz CT molecular complexity index is 677. The molecule has 0 atom stereocenters. The molecule has 0 saturated heterocycles. The lowest BCUT2D eigenvalue weighted by atomic mass is 10.2. The average molecular weight is 255 g/mol. The Hall–Kier alpha value is -2.94. The summed E-state index contributed by atoms with van der Waals surface area (Å²) >= 11 is 0. The molecule has 1 heterocycles. The first-order valence-corrected chi connectivity index (χ1v) is 5.40. The molecule has 0 spiro atoms. The molecular formula is C13H9N3O3. The van der Waals surface area contributed by atoms with E-state index in [1.54, 1.807) is 19.1 Å². The fraction of sp³-hybridized carbons (Fsp3) is 0.0769. The van der Waals surface area contributed by atoms with Gasteiger partial charge in [0.1, 0.15) is 0 Å². The number of rotatable bonds is 3. The molecule has 1 aromatic heterocycles. The van der Waals surface area contributed by atoms with Crippen molar-refractivity contribution in [1.29, 1.82) is 5.26 Å². The number of hydrogen-bond donors (Lipinski definition) is 0. The number of nitro groups is 1. The number of hydrogen-bond acceptors (Lipinski definition) is 5. The smallest absolute Gasteiger partial charge is 0.314 e. The van der Waals surface area contributed by atoms with Crippen LogP contribution >= 0.6 is 0 Å². The Kier molecular flexibility index (Phi) is 3.39. The van der Waals surface area contributed by atoms with Gasteiger partial charge >= 0.3 is 5.69 Å². The maximum Gasteiger partial charge on any atom is 0.314 e. The van der Waals surface area contributed by atoms with E-state index in [4.69, 9.17) is 10.00 Å². The first-order valence-electron chi connectivity index (χ1n) is 5.40. The van der Waals surface area contributed by atoms with Gasteiger partial charge in [-0.15, -0.1) is 0 Å². The van der Waals surface area contributed by atoms with Crippen molar-refractivity contribution in [2.45, 2.75) is 6.92 Å². The molecule has 19 heavy (non-hydrogen) atoms. The summed E-state index contributed by atoms with van der Waals surface area (Å²) in [6.07, 6.45) is 1.41. The van der Waals surface area contributed by atoms with Crippen LogP contribution in [-0.2, 0) is 0 Å². The first-order chi connectivity index (χ1) is 9.11. The van der Waals surface area contributed by atoms with Crippen LogP contribution in [0.15, 0.2) is 36.5 Å². The van der Waals surface area contributed by atoms with Gasteiger partial charge in [0.2, 0.25) is 11.6 Å². The van der Waals surface area contributed by atoms with E-state index < -0.39 is 4.92 Å². The van der Waals surface area contributed by atoms with Crippen LogP contribution in [0.25, 0.3) is 0 Å². The Morgan fingerprint density at radius 1 is 1.42 bits per heavy atom. The largest absolute Gasteiger partial charge is 0.432 e. The highest BCUT2D eigenvalue weighted by Crippen LogP contribution is 2.33. The van der Waals surface area contributed by atoms with Crippen molar-refractivity contribution in [3.05, 3.63) is 57.8 Å². The molecule has 0 fully saturated rings. The molecule has 6 heteroatoms. The predicted molar refractivity (Wildman–Crippen MR) is 66.9 cm³/mol. The van der Waals surface area contributed by atoms with Gasteiger partial charge in [-0.2, -0.15) is 5.26 Å². The highest BCUT2D eigenvalue weighted by atomic mass is 16.6. The molecule has 0 unspecified atom stereocenters. The summed E-state index contributed by atoms with van der Waals surface area (Å²) in [5.41, 5.74) is 0.769. The van der Waals surface area contributed by atoms with Crippen LogP contribution in [0.5, 0.6) is 11.6 Å². The lowest BCUT2D eigenvalue weighted by Gasteiger charge is -2.06. The summed E-state index contributed by atoms with van der Waals surface area (Å²) < 4.78 is 5.39. The number of nitriles is 1. The topological polar surface area (TPSA) is 89.0 Å².